The van der Waals surface area contributed by atoms with E-state index in [4.69, 9.17) is 0 Å². The summed E-state index contributed by atoms with van der Waals surface area (Å²) >= 11 is 1.78. The van der Waals surface area contributed by atoms with Gasteiger partial charge in [0.25, 0.3) is 10.0 Å². The molecule has 0 amide bonds. The first-order chi connectivity index (χ1) is 8.16. The minimum Gasteiger partial charge on any atom is -0.316 e. The molecule has 0 radical (unpaired) electrons. The van der Waals surface area contributed by atoms with E-state index < -0.39 is 10.0 Å². The molecule has 1 aliphatic rings. The lowest BCUT2D eigenvalue weighted by Gasteiger charge is -2.25. The van der Waals surface area contributed by atoms with Crippen molar-refractivity contribution in [3.63, 3.8) is 0 Å². The van der Waals surface area contributed by atoms with Crippen LogP contribution in [0.25, 0.3) is 0 Å². The second kappa shape index (κ2) is 5.38. The lowest BCUT2D eigenvalue weighted by molar-refractivity contribution is 0.440. The van der Waals surface area contributed by atoms with Crippen LogP contribution in [0.15, 0.2) is 11.2 Å². The molecule has 1 fully saturated rings. The fraction of sp³-hybridized carbons (Fsp3) is 0.667. The SMILES string of the molecule is CNCc1cn[nH]c1S(=O)(=O)N1CCSCC1. The highest BCUT2D eigenvalue weighted by Gasteiger charge is 2.29. The maximum absolute atomic E-state index is 12.4. The number of hydrogen-bond acceptors (Lipinski definition) is 5. The summed E-state index contributed by atoms with van der Waals surface area (Å²) < 4.78 is 26.2. The van der Waals surface area contributed by atoms with E-state index in [0.717, 1.165) is 11.5 Å². The van der Waals surface area contributed by atoms with Crippen LogP contribution in [0, 0.1) is 0 Å². The molecule has 0 saturated carbocycles. The van der Waals surface area contributed by atoms with Crippen molar-refractivity contribution in [2.75, 3.05) is 31.6 Å². The van der Waals surface area contributed by atoms with Crippen LogP contribution in [0.5, 0.6) is 0 Å². The highest BCUT2D eigenvalue weighted by molar-refractivity contribution is 7.99. The quantitative estimate of drug-likeness (QED) is 0.801. The first-order valence-electron chi connectivity index (χ1n) is 5.41. The number of nitrogens with zero attached hydrogens (tertiary/aromatic N) is 2. The van der Waals surface area contributed by atoms with Crippen LogP contribution in [-0.4, -0.2) is 54.6 Å². The maximum Gasteiger partial charge on any atom is 0.260 e. The van der Waals surface area contributed by atoms with Crippen LogP contribution in [0.2, 0.25) is 0 Å². The summed E-state index contributed by atoms with van der Waals surface area (Å²) in [7, 11) is -1.63. The minimum atomic E-state index is -3.41. The molecule has 2 N–H and O–H groups in total. The number of nitrogens with one attached hydrogen (secondary N) is 2. The van der Waals surface area contributed by atoms with Crippen LogP contribution in [0.1, 0.15) is 5.56 Å². The van der Waals surface area contributed by atoms with Crippen molar-refractivity contribution < 1.29 is 8.42 Å². The molecule has 6 nitrogen and oxygen atoms in total. The molecule has 1 aliphatic heterocycles. The Balaban J connectivity index is 2.27. The molecule has 0 aliphatic carbocycles. The van der Waals surface area contributed by atoms with E-state index in [-0.39, 0.29) is 5.03 Å². The van der Waals surface area contributed by atoms with Gasteiger partial charge in [-0.3, -0.25) is 5.10 Å². The fourth-order valence-electron chi connectivity index (χ4n) is 1.76. The zero-order valence-corrected chi connectivity index (χ0v) is 11.3. The third kappa shape index (κ3) is 2.65. The minimum absolute atomic E-state index is 0.221. The molecule has 2 heterocycles. The van der Waals surface area contributed by atoms with Gasteiger partial charge in [-0.15, -0.1) is 0 Å². The number of sulfonamides is 1. The lowest BCUT2D eigenvalue weighted by atomic mass is 10.4. The van der Waals surface area contributed by atoms with E-state index >= 15 is 0 Å². The summed E-state index contributed by atoms with van der Waals surface area (Å²) in [5, 5.41) is 9.59. The zero-order valence-electron chi connectivity index (χ0n) is 9.64. The van der Waals surface area contributed by atoms with Crippen molar-refractivity contribution in [2.45, 2.75) is 11.6 Å². The smallest absolute Gasteiger partial charge is 0.260 e. The normalized spacial score (nSPS) is 18.4. The summed E-state index contributed by atoms with van der Waals surface area (Å²) in [4.78, 5) is 0. The average Bonchev–Trinajstić information content (AvgIpc) is 2.80. The van der Waals surface area contributed by atoms with E-state index in [1.54, 1.807) is 25.0 Å². The summed E-state index contributed by atoms with van der Waals surface area (Å²) in [6, 6.07) is 0. The Morgan fingerprint density at radius 1 is 1.53 bits per heavy atom. The second-order valence-electron chi connectivity index (χ2n) is 3.77. The summed E-state index contributed by atoms with van der Waals surface area (Å²) in [5.41, 5.74) is 0.686. The molecule has 1 aromatic rings. The molecule has 0 spiro atoms. The molecule has 1 aromatic heterocycles. The first-order valence-corrected chi connectivity index (χ1v) is 8.00. The van der Waals surface area contributed by atoms with E-state index in [9.17, 15) is 8.42 Å². The number of rotatable bonds is 4. The van der Waals surface area contributed by atoms with Gasteiger partial charge >= 0.3 is 0 Å². The van der Waals surface area contributed by atoms with Crippen molar-refractivity contribution in [1.82, 2.24) is 19.8 Å². The van der Waals surface area contributed by atoms with E-state index in [2.05, 4.69) is 15.5 Å². The standard InChI is InChI=1S/C9H16N4O2S2/c1-10-6-8-7-11-12-9(8)17(14,15)13-2-4-16-5-3-13/h7,10H,2-6H2,1H3,(H,11,12). The highest BCUT2D eigenvalue weighted by atomic mass is 32.2. The summed E-state index contributed by atoms with van der Waals surface area (Å²) in [5.74, 6) is 1.71. The van der Waals surface area contributed by atoms with Gasteiger partial charge in [0.2, 0.25) is 0 Å². The van der Waals surface area contributed by atoms with E-state index in [0.29, 0.717) is 25.2 Å². The van der Waals surface area contributed by atoms with Gasteiger partial charge in [0.1, 0.15) is 0 Å². The van der Waals surface area contributed by atoms with Gasteiger partial charge in [0, 0.05) is 36.7 Å². The molecule has 1 saturated heterocycles. The number of hydrogen-bond donors (Lipinski definition) is 2. The largest absolute Gasteiger partial charge is 0.316 e. The number of H-pyrrole nitrogens is 1. The van der Waals surface area contributed by atoms with Crippen molar-refractivity contribution in [1.29, 1.82) is 0 Å². The Bertz CT molecular complexity index is 465. The van der Waals surface area contributed by atoms with Gasteiger partial charge in [-0.2, -0.15) is 21.2 Å². The monoisotopic (exact) mass is 276 g/mol. The fourth-order valence-corrected chi connectivity index (χ4v) is 4.44. The molecule has 96 valence electrons. The number of aromatic amines is 1. The van der Waals surface area contributed by atoms with Crippen LogP contribution in [0.4, 0.5) is 0 Å². The number of thioether (sulfide) groups is 1. The Morgan fingerprint density at radius 2 is 2.24 bits per heavy atom. The van der Waals surface area contributed by atoms with Crippen molar-refractivity contribution in [2.24, 2.45) is 0 Å². The van der Waals surface area contributed by atoms with Gasteiger partial charge in [0.15, 0.2) is 5.03 Å². The van der Waals surface area contributed by atoms with Gasteiger partial charge in [-0.25, -0.2) is 8.42 Å². The molecule has 0 aromatic carbocycles. The van der Waals surface area contributed by atoms with Crippen molar-refractivity contribution in [3.05, 3.63) is 11.8 Å². The molecule has 2 rings (SSSR count). The summed E-state index contributed by atoms with van der Waals surface area (Å²) in [6.07, 6.45) is 1.56. The predicted molar refractivity (Wildman–Crippen MR) is 67.4 cm³/mol. The van der Waals surface area contributed by atoms with Crippen LogP contribution < -0.4 is 5.32 Å². The third-order valence-electron chi connectivity index (χ3n) is 2.61. The Morgan fingerprint density at radius 3 is 2.88 bits per heavy atom. The average molecular weight is 276 g/mol. The lowest BCUT2D eigenvalue weighted by Crippen LogP contribution is -2.38. The van der Waals surface area contributed by atoms with Crippen molar-refractivity contribution in [3.8, 4) is 0 Å². The van der Waals surface area contributed by atoms with Crippen LogP contribution >= 0.6 is 11.8 Å². The Kier molecular flexibility index (Phi) is 4.08. The molecule has 8 heteroatoms. The first kappa shape index (κ1) is 12.9. The molecule has 0 bridgehead atoms. The molecular formula is C9H16N4O2S2. The molecule has 0 atom stereocenters. The third-order valence-corrected chi connectivity index (χ3v) is 5.47. The van der Waals surface area contributed by atoms with Crippen LogP contribution in [0.3, 0.4) is 0 Å². The highest BCUT2D eigenvalue weighted by Crippen LogP contribution is 2.21. The van der Waals surface area contributed by atoms with Crippen molar-refractivity contribution >= 4 is 21.8 Å². The second-order valence-corrected chi connectivity index (χ2v) is 6.87. The summed E-state index contributed by atoms with van der Waals surface area (Å²) in [6.45, 7) is 1.64. The molecular weight excluding hydrogens is 260 g/mol. The maximum atomic E-state index is 12.4. The van der Waals surface area contributed by atoms with E-state index in [1.165, 1.54) is 4.31 Å². The van der Waals surface area contributed by atoms with Gasteiger partial charge in [-0.05, 0) is 7.05 Å². The molecule has 17 heavy (non-hydrogen) atoms. The van der Waals surface area contributed by atoms with Crippen LogP contribution in [-0.2, 0) is 16.6 Å². The van der Waals surface area contributed by atoms with Gasteiger partial charge < -0.3 is 5.32 Å². The molecule has 0 unspecified atom stereocenters. The van der Waals surface area contributed by atoms with Gasteiger partial charge in [0.05, 0.1) is 6.20 Å². The Labute approximate surface area is 105 Å². The topological polar surface area (TPSA) is 78.1 Å². The predicted octanol–water partition coefficient (Wildman–Crippen LogP) is -0.133. The zero-order chi connectivity index (χ0) is 12.3. The van der Waals surface area contributed by atoms with E-state index in [1.807, 2.05) is 0 Å². The van der Waals surface area contributed by atoms with Gasteiger partial charge in [-0.1, -0.05) is 0 Å². The Hall–Kier alpha value is -0.570. The number of aromatic nitrogens is 2.